The van der Waals surface area contributed by atoms with E-state index in [-0.39, 0.29) is 17.5 Å². The predicted octanol–water partition coefficient (Wildman–Crippen LogP) is 2.98. The second kappa shape index (κ2) is 10.4. The molecule has 0 saturated heterocycles. The summed E-state index contributed by atoms with van der Waals surface area (Å²) >= 11 is 0. The minimum atomic E-state index is -0.458. The third kappa shape index (κ3) is 5.47. The number of hydrogen-bond donors (Lipinski definition) is 1. The largest absolute Gasteiger partial charge is 0.497 e. The van der Waals surface area contributed by atoms with Gasteiger partial charge in [-0.05, 0) is 29.8 Å². The molecule has 4 rings (SSSR count). The first-order valence-corrected chi connectivity index (χ1v) is 10.5. The Morgan fingerprint density at radius 2 is 1.79 bits per heavy atom. The molecule has 0 unspecified atom stereocenters. The van der Waals surface area contributed by atoms with Gasteiger partial charge in [0.2, 0.25) is 0 Å². The molecule has 0 aliphatic heterocycles. The van der Waals surface area contributed by atoms with Crippen LogP contribution in [0.15, 0.2) is 69.7 Å². The zero-order valence-electron chi connectivity index (χ0n) is 18.7. The number of amides is 2. The van der Waals surface area contributed by atoms with Crippen LogP contribution in [-0.4, -0.2) is 52.7 Å². The summed E-state index contributed by atoms with van der Waals surface area (Å²) in [5.41, 5.74) is 1.92. The Morgan fingerprint density at radius 1 is 1.03 bits per heavy atom. The molecule has 0 bridgehead atoms. The van der Waals surface area contributed by atoms with E-state index < -0.39 is 5.91 Å². The minimum absolute atomic E-state index is 0.124. The van der Waals surface area contributed by atoms with Gasteiger partial charge in [0.15, 0.2) is 17.3 Å². The topological polar surface area (TPSA) is 124 Å². The molecule has 2 aromatic heterocycles. The van der Waals surface area contributed by atoms with Gasteiger partial charge in [0.05, 0.1) is 7.11 Å². The van der Waals surface area contributed by atoms with Gasteiger partial charge in [-0.3, -0.25) is 9.59 Å². The molecule has 0 spiro atoms. The number of nitrogens with one attached hydrogen (secondary N) is 1. The van der Waals surface area contributed by atoms with Crippen molar-refractivity contribution in [1.29, 1.82) is 0 Å². The Labute approximate surface area is 195 Å². The molecule has 0 radical (unpaired) electrons. The van der Waals surface area contributed by atoms with Crippen molar-refractivity contribution in [2.24, 2.45) is 0 Å². The normalized spacial score (nSPS) is 10.6. The molecule has 0 saturated carbocycles. The number of nitrogens with zero attached hydrogens (tertiary/aromatic N) is 4. The molecule has 2 aromatic carbocycles. The lowest BCUT2D eigenvalue weighted by Gasteiger charge is -2.13. The van der Waals surface area contributed by atoms with Crippen LogP contribution in [0.5, 0.6) is 5.75 Å². The van der Waals surface area contributed by atoms with Crippen LogP contribution in [0.25, 0.3) is 11.3 Å². The Hall–Kier alpha value is -4.47. The lowest BCUT2D eigenvalue weighted by molar-refractivity contribution is 0.0785. The highest BCUT2D eigenvalue weighted by atomic mass is 16.5. The lowest BCUT2D eigenvalue weighted by Crippen LogP contribution is -2.29. The molecule has 174 valence electrons. The van der Waals surface area contributed by atoms with Crippen molar-refractivity contribution in [2.45, 2.75) is 13.0 Å². The molecule has 0 atom stereocenters. The van der Waals surface area contributed by atoms with E-state index in [9.17, 15) is 9.59 Å². The fraction of sp³-hybridized carbons (Fsp3) is 0.208. The molecule has 10 heteroatoms. The highest BCUT2D eigenvalue weighted by Gasteiger charge is 2.20. The van der Waals surface area contributed by atoms with Crippen molar-refractivity contribution in [1.82, 2.24) is 25.5 Å². The maximum atomic E-state index is 12.7. The number of rotatable bonds is 9. The summed E-state index contributed by atoms with van der Waals surface area (Å²) in [6, 6.07) is 18.3. The molecule has 0 fully saturated rings. The number of likely N-dealkylation sites (N-methyl/N-ethyl adjacent to an activating group) is 1. The van der Waals surface area contributed by atoms with Crippen LogP contribution >= 0.6 is 0 Å². The van der Waals surface area contributed by atoms with Gasteiger partial charge in [-0.15, -0.1) is 0 Å². The van der Waals surface area contributed by atoms with Crippen molar-refractivity contribution in [3.05, 3.63) is 83.6 Å². The van der Waals surface area contributed by atoms with E-state index in [0.717, 1.165) is 16.9 Å². The molecule has 4 aromatic rings. The third-order valence-electron chi connectivity index (χ3n) is 5.08. The van der Waals surface area contributed by atoms with E-state index >= 15 is 0 Å². The Morgan fingerprint density at radius 3 is 2.53 bits per heavy atom. The first-order chi connectivity index (χ1) is 16.5. The average molecular weight is 461 g/mol. The van der Waals surface area contributed by atoms with E-state index in [2.05, 4.69) is 20.6 Å². The second-order valence-corrected chi connectivity index (χ2v) is 7.47. The van der Waals surface area contributed by atoms with E-state index in [1.165, 1.54) is 4.90 Å². The van der Waals surface area contributed by atoms with Gasteiger partial charge in [0.25, 0.3) is 5.91 Å². The number of methoxy groups -OCH3 is 1. The summed E-state index contributed by atoms with van der Waals surface area (Å²) in [6.07, 6.45) is 0.306. The number of carbonyl (C=O) groups is 2. The summed E-state index contributed by atoms with van der Waals surface area (Å²) < 4.78 is 15.5. The van der Waals surface area contributed by atoms with E-state index in [1.807, 2.05) is 42.5 Å². The highest BCUT2D eigenvalue weighted by molar-refractivity contribution is 5.93. The third-order valence-corrected chi connectivity index (χ3v) is 5.08. The fourth-order valence-corrected chi connectivity index (χ4v) is 3.13. The van der Waals surface area contributed by atoms with Crippen LogP contribution in [0.3, 0.4) is 0 Å². The lowest BCUT2D eigenvalue weighted by atomic mass is 10.1. The number of benzene rings is 2. The van der Waals surface area contributed by atoms with Crippen molar-refractivity contribution >= 4 is 11.8 Å². The van der Waals surface area contributed by atoms with Gasteiger partial charge in [-0.2, -0.15) is 4.98 Å². The van der Waals surface area contributed by atoms with E-state index in [1.54, 1.807) is 32.4 Å². The SMILES string of the molecule is COc1ccc(-c2cc(C(=O)N(C)CCc3noc(C(=O)NCc4ccccc4)n3)no2)cc1. The van der Waals surface area contributed by atoms with Crippen molar-refractivity contribution in [2.75, 3.05) is 20.7 Å². The fourth-order valence-electron chi connectivity index (χ4n) is 3.13. The van der Waals surface area contributed by atoms with Gasteiger partial charge < -0.3 is 24.0 Å². The second-order valence-electron chi connectivity index (χ2n) is 7.47. The Bertz CT molecular complexity index is 1250. The van der Waals surface area contributed by atoms with Crippen LogP contribution < -0.4 is 10.1 Å². The zero-order chi connectivity index (χ0) is 23.9. The van der Waals surface area contributed by atoms with Gasteiger partial charge >= 0.3 is 11.8 Å². The first-order valence-electron chi connectivity index (χ1n) is 10.5. The summed E-state index contributed by atoms with van der Waals surface area (Å²) in [4.78, 5) is 30.5. The minimum Gasteiger partial charge on any atom is -0.497 e. The van der Waals surface area contributed by atoms with Crippen LogP contribution in [0, 0.1) is 0 Å². The van der Waals surface area contributed by atoms with Crippen molar-refractivity contribution < 1.29 is 23.4 Å². The molecule has 34 heavy (non-hydrogen) atoms. The van der Waals surface area contributed by atoms with Gasteiger partial charge in [-0.25, -0.2) is 0 Å². The number of hydrogen-bond acceptors (Lipinski definition) is 8. The van der Waals surface area contributed by atoms with Crippen molar-refractivity contribution in [3.63, 3.8) is 0 Å². The first kappa shape index (κ1) is 22.7. The Balaban J connectivity index is 1.29. The summed E-state index contributed by atoms with van der Waals surface area (Å²) in [7, 11) is 3.23. The molecule has 10 nitrogen and oxygen atoms in total. The molecule has 2 heterocycles. The molecule has 0 aliphatic carbocycles. The van der Waals surface area contributed by atoms with Gasteiger partial charge in [0.1, 0.15) is 5.75 Å². The quantitative estimate of drug-likeness (QED) is 0.403. The average Bonchev–Trinajstić information content (AvgIpc) is 3.56. The maximum Gasteiger partial charge on any atom is 0.315 e. The maximum absolute atomic E-state index is 12.7. The molecular weight excluding hydrogens is 438 g/mol. The van der Waals surface area contributed by atoms with Crippen LogP contribution in [0.4, 0.5) is 0 Å². The van der Waals surface area contributed by atoms with E-state index in [0.29, 0.717) is 31.1 Å². The van der Waals surface area contributed by atoms with Crippen LogP contribution in [0.1, 0.15) is 32.6 Å². The summed E-state index contributed by atoms with van der Waals surface area (Å²) in [5.74, 6) is 0.624. The number of aromatic nitrogens is 3. The number of ether oxygens (including phenoxy) is 1. The molecular formula is C24H23N5O5. The van der Waals surface area contributed by atoms with Crippen LogP contribution in [0.2, 0.25) is 0 Å². The summed E-state index contributed by atoms with van der Waals surface area (Å²) in [6.45, 7) is 0.652. The van der Waals surface area contributed by atoms with Gasteiger partial charge in [0, 0.05) is 38.2 Å². The predicted molar refractivity (Wildman–Crippen MR) is 121 cm³/mol. The monoisotopic (exact) mass is 461 g/mol. The standard InChI is InChI=1S/C24H23N5O5/c1-29(24(31)19-14-20(33-27-19)17-8-10-18(32-2)11-9-17)13-12-21-26-23(34-28-21)22(30)25-15-16-6-4-3-5-7-16/h3-11,14H,12-13,15H2,1-2H3,(H,25,30). The molecule has 0 aliphatic rings. The highest BCUT2D eigenvalue weighted by Crippen LogP contribution is 2.23. The number of carbonyl (C=O) groups excluding carboxylic acids is 2. The Kier molecular flexibility index (Phi) is 6.97. The molecule has 2 amide bonds. The van der Waals surface area contributed by atoms with Crippen LogP contribution in [-0.2, 0) is 13.0 Å². The summed E-state index contributed by atoms with van der Waals surface area (Å²) in [5, 5.41) is 10.4. The van der Waals surface area contributed by atoms with E-state index in [4.69, 9.17) is 13.8 Å². The zero-order valence-corrected chi connectivity index (χ0v) is 18.7. The molecule has 1 N–H and O–H groups in total. The smallest absolute Gasteiger partial charge is 0.315 e. The van der Waals surface area contributed by atoms with Crippen molar-refractivity contribution in [3.8, 4) is 17.1 Å². The van der Waals surface area contributed by atoms with Gasteiger partial charge in [-0.1, -0.05) is 40.6 Å².